The maximum Gasteiger partial charge on any atom is 0.306 e. The minimum atomic E-state index is -0.778. The molecule has 1 atom stereocenters. The fourth-order valence-corrected chi connectivity index (χ4v) is 6.43. The molecular weight excluding hydrogens is 697 g/mol. The average Bonchev–Trinajstić information content (AvgIpc) is 3.19. The number of hydrogen-bond acceptors (Lipinski definition) is 6. The van der Waals surface area contributed by atoms with Gasteiger partial charge in [-0.15, -0.1) is 0 Å². The van der Waals surface area contributed by atoms with Crippen molar-refractivity contribution in [2.45, 2.75) is 239 Å². The molecule has 0 aliphatic carbocycles. The van der Waals surface area contributed by atoms with Gasteiger partial charge in [0.15, 0.2) is 6.10 Å². The fourth-order valence-electron chi connectivity index (χ4n) is 6.43. The third kappa shape index (κ3) is 42.5. The van der Waals surface area contributed by atoms with Crippen molar-refractivity contribution in [3.63, 3.8) is 0 Å². The van der Waals surface area contributed by atoms with Crippen LogP contribution in [0.5, 0.6) is 0 Å². The number of carbonyl (C=O) groups is 3. The van der Waals surface area contributed by atoms with Crippen molar-refractivity contribution in [3.8, 4) is 0 Å². The average molecular weight is 785 g/mol. The fraction of sp³-hybridized carbons (Fsp3) is 0.780. The molecule has 0 aromatic heterocycles. The van der Waals surface area contributed by atoms with E-state index in [1.54, 1.807) is 0 Å². The van der Waals surface area contributed by atoms with Gasteiger partial charge >= 0.3 is 17.9 Å². The Balaban J connectivity index is 4.31. The second kappa shape index (κ2) is 45.1. The zero-order chi connectivity index (χ0) is 40.8. The van der Waals surface area contributed by atoms with Gasteiger partial charge < -0.3 is 14.2 Å². The molecule has 0 aliphatic rings. The Hall–Kier alpha value is -2.63. The molecule has 0 rings (SSSR count). The Kier molecular flexibility index (Phi) is 43.0. The minimum Gasteiger partial charge on any atom is -0.462 e. The summed E-state index contributed by atoms with van der Waals surface area (Å²) < 4.78 is 16.7. The van der Waals surface area contributed by atoms with Crippen LogP contribution in [0, 0.1) is 0 Å². The Labute approximate surface area is 346 Å². The van der Waals surface area contributed by atoms with E-state index < -0.39 is 6.10 Å². The van der Waals surface area contributed by atoms with Gasteiger partial charge in [-0.1, -0.05) is 185 Å². The van der Waals surface area contributed by atoms with Crippen molar-refractivity contribution < 1.29 is 28.6 Å². The molecule has 0 radical (unpaired) electrons. The van der Waals surface area contributed by atoms with Gasteiger partial charge in [-0.25, -0.2) is 0 Å². The van der Waals surface area contributed by atoms with Crippen LogP contribution in [0.2, 0.25) is 0 Å². The van der Waals surface area contributed by atoms with Gasteiger partial charge in [-0.05, 0) is 77.0 Å². The number of esters is 3. The van der Waals surface area contributed by atoms with Crippen LogP contribution in [0.4, 0.5) is 0 Å². The smallest absolute Gasteiger partial charge is 0.306 e. The summed E-state index contributed by atoms with van der Waals surface area (Å²) in [5.74, 6) is -0.909. The van der Waals surface area contributed by atoms with Crippen molar-refractivity contribution in [1.29, 1.82) is 0 Å². The topological polar surface area (TPSA) is 78.9 Å². The molecule has 0 amide bonds. The second-order valence-corrected chi connectivity index (χ2v) is 15.7. The summed E-state index contributed by atoms with van der Waals surface area (Å²) in [5.41, 5.74) is 0. The molecule has 0 fully saturated rings. The molecule has 6 heteroatoms. The predicted octanol–water partition coefficient (Wildman–Crippen LogP) is 15.1. The number of hydrogen-bond donors (Lipinski definition) is 0. The Morgan fingerprint density at radius 1 is 0.357 bits per heavy atom. The lowest BCUT2D eigenvalue weighted by atomic mass is 10.1. The summed E-state index contributed by atoms with van der Waals surface area (Å²) in [5, 5.41) is 0. The summed E-state index contributed by atoms with van der Waals surface area (Å²) in [6.07, 6.45) is 52.4. The SMILES string of the molecule is CCCC/C=C\C/C=C\CCCCCCCC(=O)OC(COC(=O)CCCCCCCCC)COC(=O)CCCCCCCCC/C=C\C/C=C\CCCCC. The molecule has 56 heavy (non-hydrogen) atoms. The first-order valence-electron chi connectivity index (χ1n) is 23.6. The van der Waals surface area contributed by atoms with Gasteiger partial charge in [-0.2, -0.15) is 0 Å². The Morgan fingerprint density at radius 3 is 1.07 bits per heavy atom. The standard InChI is InChI=1S/C50H88O6/c1-4-7-10-13-16-18-20-22-24-25-26-28-29-31-34-37-40-43-49(52)55-46-47(45-54-48(51)42-39-36-33-15-12-9-6-3)56-50(53)44-41-38-35-32-30-27-23-21-19-17-14-11-8-5-2/h14,16-18,21-24,47H,4-13,15,19-20,25-46H2,1-3H3/b17-14-,18-16-,23-21-,24-22-. The van der Waals surface area contributed by atoms with Crippen LogP contribution < -0.4 is 0 Å². The third-order valence-corrected chi connectivity index (χ3v) is 10.1. The molecule has 0 bridgehead atoms. The maximum atomic E-state index is 12.7. The second-order valence-electron chi connectivity index (χ2n) is 15.7. The van der Waals surface area contributed by atoms with Crippen LogP contribution in [0.1, 0.15) is 233 Å². The van der Waals surface area contributed by atoms with Crippen molar-refractivity contribution in [2.75, 3.05) is 13.2 Å². The van der Waals surface area contributed by atoms with Crippen LogP contribution in [-0.2, 0) is 28.6 Å². The first kappa shape index (κ1) is 53.4. The first-order chi connectivity index (χ1) is 27.5. The van der Waals surface area contributed by atoms with E-state index in [-0.39, 0.29) is 31.1 Å². The molecule has 324 valence electrons. The highest BCUT2D eigenvalue weighted by molar-refractivity contribution is 5.71. The number of unbranched alkanes of at least 4 members (excludes halogenated alkanes) is 23. The maximum absolute atomic E-state index is 12.7. The van der Waals surface area contributed by atoms with E-state index >= 15 is 0 Å². The molecule has 0 saturated carbocycles. The van der Waals surface area contributed by atoms with E-state index in [1.165, 1.54) is 96.3 Å². The summed E-state index contributed by atoms with van der Waals surface area (Å²) in [6.45, 7) is 6.51. The molecular formula is C50H88O6. The van der Waals surface area contributed by atoms with Gasteiger partial charge in [-0.3, -0.25) is 14.4 Å². The monoisotopic (exact) mass is 785 g/mol. The largest absolute Gasteiger partial charge is 0.462 e. The molecule has 0 heterocycles. The lowest BCUT2D eigenvalue weighted by molar-refractivity contribution is -0.167. The zero-order valence-corrected chi connectivity index (χ0v) is 36.9. The molecule has 1 unspecified atom stereocenters. The molecule has 0 spiro atoms. The molecule has 0 saturated heterocycles. The van der Waals surface area contributed by atoms with Crippen molar-refractivity contribution >= 4 is 17.9 Å². The van der Waals surface area contributed by atoms with Crippen molar-refractivity contribution in [3.05, 3.63) is 48.6 Å². The quantitative estimate of drug-likeness (QED) is 0.0265. The van der Waals surface area contributed by atoms with Gasteiger partial charge in [0.25, 0.3) is 0 Å². The van der Waals surface area contributed by atoms with Crippen molar-refractivity contribution in [1.82, 2.24) is 0 Å². The normalized spacial score (nSPS) is 12.4. The number of rotatable bonds is 42. The molecule has 0 N–H and O–H groups in total. The molecule has 0 aliphatic heterocycles. The van der Waals surface area contributed by atoms with E-state index in [9.17, 15) is 14.4 Å². The Morgan fingerprint density at radius 2 is 0.661 bits per heavy atom. The van der Waals surface area contributed by atoms with E-state index in [1.807, 2.05) is 0 Å². The zero-order valence-electron chi connectivity index (χ0n) is 36.9. The van der Waals surface area contributed by atoms with Crippen LogP contribution in [0.3, 0.4) is 0 Å². The van der Waals surface area contributed by atoms with E-state index in [0.29, 0.717) is 19.3 Å². The Bertz CT molecular complexity index is 996. The molecule has 0 aromatic rings. The third-order valence-electron chi connectivity index (χ3n) is 10.1. The van der Waals surface area contributed by atoms with E-state index in [0.717, 1.165) is 96.3 Å². The summed E-state index contributed by atoms with van der Waals surface area (Å²) in [6, 6.07) is 0. The van der Waals surface area contributed by atoms with Gasteiger partial charge in [0, 0.05) is 19.3 Å². The molecule has 6 nitrogen and oxygen atoms in total. The van der Waals surface area contributed by atoms with E-state index in [2.05, 4.69) is 69.4 Å². The van der Waals surface area contributed by atoms with E-state index in [4.69, 9.17) is 14.2 Å². The van der Waals surface area contributed by atoms with Gasteiger partial charge in [0.1, 0.15) is 13.2 Å². The lowest BCUT2D eigenvalue weighted by Gasteiger charge is -2.18. The highest BCUT2D eigenvalue weighted by Gasteiger charge is 2.19. The predicted molar refractivity (Wildman–Crippen MR) is 238 cm³/mol. The van der Waals surface area contributed by atoms with Gasteiger partial charge in [0.05, 0.1) is 0 Å². The highest BCUT2D eigenvalue weighted by Crippen LogP contribution is 2.13. The minimum absolute atomic E-state index is 0.0810. The number of ether oxygens (including phenoxy) is 3. The lowest BCUT2D eigenvalue weighted by Crippen LogP contribution is -2.30. The summed E-state index contributed by atoms with van der Waals surface area (Å²) >= 11 is 0. The van der Waals surface area contributed by atoms with Crippen LogP contribution >= 0.6 is 0 Å². The van der Waals surface area contributed by atoms with Crippen LogP contribution in [-0.4, -0.2) is 37.2 Å². The number of allylic oxidation sites excluding steroid dienone is 8. The summed E-state index contributed by atoms with van der Waals surface area (Å²) in [4.78, 5) is 37.7. The van der Waals surface area contributed by atoms with Crippen LogP contribution in [0.15, 0.2) is 48.6 Å². The van der Waals surface area contributed by atoms with Crippen molar-refractivity contribution in [2.24, 2.45) is 0 Å². The summed E-state index contributed by atoms with van der Waals surface area (Å²) in [7, 11) is 0. The highest BCUT2D eigenvalue weighted by atomic mass is 16.6. The van der Waals surface area contributed by atoms with Crippen LogP contribution in [0.25, 0.3) is 0 Å². The first-order valence-corrected chi connectivity index (χ1v) is 23.6. The molecule has 0 aromatic carbocycles. The number of carbonyl (C=O) groups excluding carboxylic acids is 3. The van der Waals surface area contributed by atoms with Gasteiger partial charge in [0.2, 0.25) is 0 Å².